The van der Waals surface area contributed by atoms with Crippen molar-refractivity contribution in [2.75, 3.05) is 31.1 Å². The Balaban J connectivity index is 1.21. The van der Waals surface area contributed by atoms with Gasteiger partial charge in [-0.05, 0) is 57.4 Å². The highest BCUT2D eigenvalue weighted by Crippen LogP contribution is 2.28. The van der Waals surface area contributed by atoms with E-state index in [-0.39, 0.29) is 17.2 Å². The van der Waals surface area contributed by atoms with Gasteiger partial charge in [0.2, 0.25) is 11.8 Å². The smallest absolute Gasteiger partial charge is 0.225 e. The van der Waals surface area contributed by atoms with Crippen molar-refractivity contribution in [2.24, 2.45) is 10.9 Å². The predicted molar refractivity (Wildman–Crippen MR) is 124 cm³/mol. The summed E-state index contributed by atoms with van der Waals surface area (Å²) in [7, 11) is 0. The number of hydrogen-bond donors (Lipinski definition) is 0. The lowest BCUT2D eigenvalue weighted by Crippen LogP contribution is -2.35. The van der Waals surface area contributed by atoms with Crippen LogP contribution in [0.3, 0.4) is 0 Å². The highest BCUT2D eigenvalue weighted by atomic mass is 19.1. The van der Waals surface area contributed by atoms with E-state index >= 15 is 0 Å². The molecule has 0 amide bonds. The fourth-order valence-electron chi connectivity index (χ4n) is 4.23. The molecule has 2 aliphatic heterocycles. The summed E-state index contributed by atoms with van der Waals surface area (Å²) in [5.74, 6) is 0.176. The maximum Gasteiger partial charge on any atom is 0.225 e. The Morgan fingerprint density at radius 2 is 1.79 bits per heavy atom. The molecule has 2 aliphatic rings. The van der Waals surface area contributed by atoms with Crippen molar-refractivity contribution in [3.8, 4) is 5.75 Å². The molecular weight excluding hydrogens is 426 g/mol. The van der Waals surface area contributed by atoms with Crippen molar-refractivity contribution in [3.63, 3.8) is 0 Å². The van der Waals surface area contributed by atoms with Crippen LogP contribution in [0.5, 0.6) is 5.75 Å². The largest absolute Gasteiger partial charge is 0.493 e. The average Bonchev–Trinajstić information content (AvgIpc) is 3.16. The number of anilines is 1. The van der Waals surface area contributed by atoms with Gasteiger partial charge in [0.25, 0.3) is 0 Å². The van der Waals surface area contributed by atoms with Crippen LogP contribution in [-0.4, -0.2) is 47.7 Å². The van der Waals surface area contributed by atoms with Gasteiger partial charge in [-0.25, -0.2) is 23.7 Å². The molecule has 6 nitrogen and oxygen atoms in total. The number of ether oxygens (including phenoxy) is 2. The molecule has 8 heteroatoms. The third-order valence-electron chi connectivity index (χ3n) is 6.23. The summed E-state index contributed by atoms with van der Waals surface area (Å²) < 4.78 is 40.3. The van der Waals surface area contributed by atoms with Crippen LogP contribution in [0.2, 0.25) is 0 Å². The van der Waals surface area contributed by atoms with E-state index < -0.39 is 17.2 Å². The Hall–Kier alpha value is -2.77. The van der Waals surface area contributed by atoms with Crippen LogP contribution in [0.4, 0.5) is 14.7 Å². The molecule has 1 aromatic carbocycles. The molecule has 1 saturated heterocycles. The van der Waals surface area contributed by atoms with Crippen LogP contribution in [0, 0.1) is 17.6 Å². The molecule has 0 atom stereocenters. The maximum atomic E-state index is 14.5. The molecule has 0 bridgehead atoms. The molecule has 2 aromatic rings. The number of hydrogen-bond acceptors (Lipinski definition) is 6. The molecule has 1 aromatic heterocycles. The Labute approximate surface area is 194 Å². The minimum absolute atomic E-state index is 0.0135. The fourth-order valence-corrected chi connectivity index (χ4v) is 4.23. The molecule has 1 fully saturated rings. The minimum atomic E-state index is -0.719. The van der Waals surface area contributed by atoms with E-state index in [1.165, 1.54) is 12.1 Å². The number of rotatable bonds is 8. The van der Waals surface area contributed by atoms with Crippen molar-refractivity contribution in [3.05, 3.63) is 47.3 Å². The summed E-state index contributed by atoms with van der Waals surface area (Å²) in [6, 6.07) is 2.41. The molecule has 3 heterocycles. The van der Waals surface area contributed by atoms with Crippen molar-refractivity contribution in [2.45, 2.75) is 58.5 Å². The van der Waals surface area contributed by atoms with E-state index in [4.69, 9.17) is 9.47 Å². The van der Waals surface area contributed by atoms with Crippen molar-refractivity contribution in [1.29, 1.82) is 0 Å². The van der Waals surface area contributed by atoms with Gasteiger partial charge in [-0.3, -0.25) is 0 Å². The molecule has 0 aliphatic carbocycles. The number of aryl methyl sites for hydroxylation is 1. The van der Waals surface area contributed by atoms with Crippen molar-refractivity contribution >= 4 is 11.8 Å². The van der Waals surface area contributed by atoms with Gasteiger partial charge in [0, 0.05) is 37.6 Å². The van der Waals surface area contributed by atoms with Crippen LogP contribution in [-0.2, 0) is 11.2 Å². The normalized spacial score (nSPS) is 18.2. The number of nitrogens with zero attached hydrogens (tertiary/aromatic N) is 4. The first-order chi connectivity index (χ1) is 15.8. The van der Waals surface area contributed by atoms with Gasteiger partial charge in [-0.1, -0.05) is 6.92 Å². The molecule has 0 saturated carbocycles. The lowest BCUT2D eigenvalue weighted by molar-refractivity contribution is 0.130. The zero-order chi connectivity index (χ0) is 23.4. The van der Waals surface area contributed by atoms with Gasteiger partial charge < -0.3 is 14.4 Å². The number of piperidine rings is 1. The van der Waals surface area contributed by atoms with Gasteiger partial charge in [0.05, 0.1) is 13.2 Å². The summed E-state index contributed by atoms with van der Waals surface area (Å²) in [5.41, 5.74) is 0.368. The number of halogens is 2. The summed E-state index contributed by atoms with van der Waals surface area (Å²) in [6.45, 7) is 8.43. The SMILES string of the molecule is CCc1cnc(N2CCC(CCCOc3cc(F)c(C4=NCC(C)(C)O4)c(F)c3)CC2)nc1. The second kappa shape index (κ2) is 10.0. The summed E-state index contributed by atoms with van der Waals surface area (Å²) in [5, 5.41) is 0. The summed E-state index contributed by atoms with van der Waals surface area (Å²) in [6.07, 6.45) is 8.76. The average molecular weight is 459 g/mol. The third kappa shape index (κ3) is 5.78. The monoisotopic (exact) mass is 458 g/mol. The van der Waals surface area contributed by atoms with Gasteiger partial charge in [0.15, 0.2) is 0 Å². The van der Waals surface area contributed by atoms with Crippen LogP contribution < -0.4 is 9.64 Å². The third-order valence-corrected chi connectivity index (χ3v) is 6.23. The summed E-state index contributed by atoms with van der Waals surface area (Å²) in [4.78, 5) is 15.3. The first kappa shape index (κ1) is 23.4. The first-order valence-corrected chi connectivity index (χ1v) is 11.8. The Bertz CT molecular complexity index is 963. The number of aromatic nitrogens is 2. The first-order valence-electron chi connectivity index (χ1n) is 11.8. The van der Waals surface area contributed by atoms with Crippen LogP contribution in [0.25, 0.3) is 0 Å². The summed E-state index contributed by atoms with van der Waals surface area (Å²) >= 11 is 0. The standard InChI is InChI=1S/C25H32F2N4O2/c1-4-17-14-28-24(29-15-17)31-9-7-18(8-10-31)6-5-11-32-19-12-20(26)22(21(27)13-19)23-30-16-25(2,3)33-23/h12-15,18H,4-11,16H2,1-3H3. The van der Waals surface area contributed by atoms with Gasteiger partial charge in [0.1, 0.15) is 28.5 Å². The molecule has 33 heavy (non-hydrogen) atoms. The van der Waals surface area contributed by atoms with E-state index in [9.17, 15) is 8.78 Å². The topological polar surface area (TPSA) is 59.8 Å². The number of benzene rings is 1. The molecule has 0 radical (unpaired) electrons. The molecular formula is C25H32F2N4O2. The highest BCUT2D eigenvalue weighted by molar-refractivity contribution is 5.96. The molecule has 4 rings (SSSR count). The minimum Gasteiger partial charge on any atom is -0.493 e. The Morgan fingerprint density at radius 3 is 2.36 bits per heavy atom. The lowest BCUT2D eigenvalue weighted by Gasteiger charge is -2.32. The lowest BCUT2D eigenvalue weighted by atomic mass is 9.92. The Kier molecular flexibility index (Phi) is 7.10. The van der Waals surface area contributed by atoms with E-state index in [1.807, 2.05) is 26.2 Å². The van der Waals surface area contributed by atoms with E-state index in [0.29, 0.717) is 19.1 Å². The molecule has 0 N–H and O–H groups in total. The van der Waals surface area contributed by atoms with Gasteiger partial charge in [-0.2, -0.15) is 0 Å². The maximum absolute atomic E-state index is 14.5. The number of aliphatic imine (C=N–C) groups is 1. The molecule has 178 valence electrons. The van der Waals surface area contributed by atoms with Crippen LogP contribution in [0.1, 0.15) is 57.6 Å². The van der Waals surface area contributed by atoms with Crippen LogP contribution in [0.15, 0.2) is 29.5 Å². The zero-order valence-corrected chi connectivity index (χ0v) is 19.6. The fraction of sp³-hybridized carbons (Fsp3) is 0.560. The van der Waals surface area contributed by atoms with Crippen molar-refractivity contribution in [1.82, 2.24) is 9.97 Å². The Morgan fingerprint density at radius 1 is 1.12 bits per heavy atom. The highest BCUT2D eigenvalue weighted by Gasteiger charge is 2.31. The second-order valence-electron chi connectivity index (χ2n) is 9.41. The van der Waals surface area contributed by atoms with Crippen molar-refractivity contribution < 1.29 is 18.3 Å². The van der Waals surface area contributed by atoms with E-state index in [1.54, 1.807) is 0 Å². The van der Waals surface area contributed by atoms with Gasteiger partial charge >= 0.3 is 0 Å². The van der Waals surface area contributed by atoms with E-state index in [0.717, 1.165) is 56.7 Å². The van der Waals surface area contributed by atoms with E-state index in [2.05, 4.69) is 26.8 Å². The molecule has 0 unspecified atom stereocenters. The molecule has 0 spiro atoms. The second-order valence-corrected chi connectivity index (χ2v) is 9.41. The predicted octanol–water partition coefficient (Wildman–Crippen LogP) is 4.95. The van der Waals surface area contributed by atoms with Crippen LogP contribution >= 0.6 is 0 Å². The van der Waals surface area contributed by atoms with Gasteiger partial charge in [-0.15, -0.1) is 0 Å². The quantitative estimate of drug-likeness (QED) is 0.524. The zero-order valence-electron chi connectivity index (χ0n) is 19.6.